The Bertz CT molecular complexity index is 1280. The molecule has 2 N–H and O–H groups in total. The number of allylic oxidation sites excluding steroid dienone is 2. The van der Waals surface area contributed by atoms with Gasteiger partial charge in [-0.1, -0.05) is 53.7 Å². The molecule has 8 heteroatoms. The number of anilines is 1. The number of carboxylic acid groups (broad SMARTS) is 1. The number of aromatic nitrogens is 1. The summed E-state index contributed by atoms with van der Waals surface area (Å²) >= 11 is 2.87. The highest BCUT2D eigenvalue weighted by Crippen LogP contribution is 2.48. The number of rotatable bonds is 7. The molecule has 0 radical (unpaired) electrons. The maximum atomic E-state index is 12.9. The number of carbonyl (C=O) groups is 3. The molecule has 1 saturated carbocycles. The lowest BCUT2D eigenvalue weighted by Crippen LogP contribution is -2.36. The van der Waals surface area contributed by atoms with E-state index in [-0.39, 0.29) is 23.5 Å². The second kappa shape index (κ2) is 8.76. The topological polar surface area (TPSA) is 96.4 Å². The Morgan fingerprint density at radius 2 is 1.82 bits per heavy atom. The van der Waals surface area contributed by atoms with Crippen molar-refractivity contribution in [3.63, 3.8) is 0 Å². The molecule has 33 heavy (non-hydrogen) atoms. The van der Waals surface area contributed by atoms with Gasteiger partial charge >= 0.3 is 5.97 Å². The standard InChI is InChI=1S/C25H22N2O4S2/c1-13-2-4-14(5-3-13)19(28)12-32-25-27-18-9-8-17(11-20(18)33-25)26-23(29)21-15-6-7-16(10-15)22(21)24(30)31/h2-9,11,15-16,21-22H,10,12H2,1H3,(H,26,29)(H,30,31)/t15-,16-,21+,22-/m0/s1. The van der Waals surface area contributed by atoms with Crippen molar-refractivity contribution >= 4 is 56.7 Å². The van der Waals surface area contributed by atoms with Crippen LogP contribution in [0, 0.1) is 30.6 Å². The van der Waals surface area contributed by atoms with E-state index in [4.69, 9.17) is 0 Å². The zero-order valence-corrected chi connectivity index (χ0v) is 19.5. The summed E-state index contributed by atoms with van der Waals surface area (Å²) in [4.78, 5) is 41.7. The fourth-order valence-electron chi connectivity index (χ4n) is 4.73. The monoisotopic (exact) mass is 478 g/mol. The van der Waals surface area contributed by atoms with E-state index < -0.39 is 17.8 Å². The van der Waals surface area contributed by atoms with E-state index in [1.165, 1.54) is 23.1 Å². The van der Waals surface area contributed by atoms with Gasteiger partial charge in [-0.25, -0.2) is 4.98 Å². The quantitative estimate of drug-likeness (QED) is 0.281. The number of thiazole rings is 1. The van der Waals surface area contributed by atoms with Gasteiger partial charge < -0.3 is 10.4 Å². The molecule has 1 amide bonds. The average Bonchev–Trinajstić information content (AvgIpc) is 3.51. The summed E-state index contributed by atoms with van der Waals surface area (Å²) in [5.41, 5.74) is 3.23. The molecule has 1 heterocycles. The molecule has 6 nitrogen and oxygen atoms in total. The van der Waals surface area contributed by atoms with E-state index in [9.17, 15) is 19.5 Å². The number of carbonyl (C=O) groups excluding carboxylic acids is 2. The largest absolute Gasteiger partial charge is 0.481 e. The number of amides is 1. The SMILES string of the molecule is Cc1ccc(C(=O)CSc2nc3ccc(NC(=O)[C@H]4[C@@H](C(=O)O)[C@H]5C=C[C@H]4C5)cc3s2)cc1. The maximum Gasteiger partial charge on any atom is 0.307 e. The molecule has 2 aromatic carbocycles. The molecular weight excluding hydrogens is 456 g/mol. The number of carboxylic acids is 1. The van der Waals surface area contributed by atoms with Gasteiger partial charge in [0.25, 0.3) is 0 Å². The smallest absolute Gasteiger partial charge is 0.307 e. The molecule has 1 aromatic heterocycles. The van der Waals surface area contributed by atoms with Gasteiger partial charge in [-0.15, -0.1) is 11.3 Å². The van der Waals surface area contributed by atoms with E-state index >= 15 is 0 Å². The molecule has 0 aliphatic heterocycles. The van der Waals surface area contributed by atoms with E-state index in [1.54, 1.807) is 6.07 Å². The molecule has 0 unspecified atom stereocenters. The Kier molecular flexibility index (Phi) is 5.80. The predicted molar refractivity (Wildman–Crippen MR) is 130 cm³/mol. The molecular formula is C25H22N2O4S2. The van der Waals surface area contributed by atoms with Gasteiger partial charge in [0.15, 0.2) is 10.1 Å². The number of benzene rings is 2. The van der Waals surface area contributed by atoms with Crippen LogP contribution < -0.4 is 5.32 Å². The number of aliphatic carboxylic acids is 1. The number of nitrogens with zero attached hydrogens (tertiary/aromatic N) is 1. The number of thioether (sulfide) groups is 1. The van der Waals surface area contributed by atoms with Crippen LogP contribution in [0.2, 0.25) is 0 Å². The van der Waals surface area contributed by atoms with Gasteiger partial charge in [-0.05, 0) is 43.4 Å². The molecule has 2 aliphatic carbocycles. The van der Waals surface area contributed by atoms with Crippen LogP contribution in [0.25, 0.3) is 10.2 Å². The van der Waals surface area contributed by atoms with Gasteiger partial charge in [0, 0.05) is 11.3 Å². The Morgan fingerprint density at radius 3 is 2.55 bits per heavy atom. The van der Waals surface area contributed by atoms with Crippen LogP contribution in [0.1, 0.15) is 22.3 Å². The summed E-state index contributed by atoms with van der Waals surface area (Å²) in [5.74, 6) is -2.09. The molecule has 0 spiro atoms. The van der Waals surface area contributed by atoms with Crippen LogP contribution in [0.3, 0.4) is 0 Å². The zero-order chi connectivity index (χ0) is 23.1. The normalized spacial score (nSPS) is 23.2. The third kappa shape index (κ3) is 4.32. The first-order chi connectivity index (χ1) is 15.9. The van der Waals surface area contributed by atoms with Gasteiger partial charge in [-0.2, -0.15) is 0 Å². The fourth-order valence-corrected chi connectivity index (χ4v) is 6.74. The number of nitrogens with one attached hydrogen (secondary N) is 1. The Hall–Kier alpha value is -2.97. The van der Waals surface area contributed by atoms with Crippen molar-refractivity contribution in [2.75, 3.05) is 11.1 Å². The van der Waals surface area contributed by atoms with Crippen LogP contribution in [-0.2, 0) is 9.59 Å². The van der Waals surface area contributed by atoms with Crippen LogP contribution >= 0.6 is 23.1 Å². The summed E-state index contributed by atoms with van der Waals surface area (Å²) in [6.07, 6.45) is 4.63. The minimum Gasteiger partial charge on any atom is -0.481 e. The lowest BCUT2D eigenvalue weighted by Gasteiger charge is -2.23. The summed E-state index contributed by atoms with van der Waals surface area (Å²) in [7, 11) is 0. The number of ketones is 1. The molecule has 5 rings (SSSR count). The van der Waals surface area contributed by atoms with E-state index in [2.05, 4.69) is 10.3 Å². The van der Waals surface area contributed by atoms with E-state index in [1.807, 2.05) is 55.5 Å². The van der Waals surface area contributed by atoms with Gasteiger partial charge in [-0.3, -0.25) is 14.4 Å². The van der Waals surface area contributed by atoms with Crippen molar-refractivity contribution in [2.24, 2.45) is 23.7 Å². The van der Waals surface area contributed by atoms with Crippen LogP contribution in [0.5, 0.6) is 0 Å². The highest BCUT2D eigenvalue weighted by Gasteiger charge is 2.51. The molecule has 2 bridgehead atoms. The summed E-state index contributed by atoms with van der Waals surface area (Å²) in [5, 5.41) is 12.5. The predicted octanol–water partition coefficient (Wildman–Crippen LogP) is 5.04. The van der Waals surface area contributed by atoms with Crippen molar-refractivity contribution < 1.29 is 19.5 Å². The molecule has 0 saturated heterocycles. The van der Waals surface area contributed by atoms with Crippen molar-refractivity contribution in [1.82, 2.24) is 4.98 Å². The Morgan fingerprint density at radius 1 is 1.09 bits per heavy atom. The number of Topliss-reactive ketones (excluding diaryl/α,β-unsaturated/α-hetero) is 1. The minimum atomic E-state index is -0.910. The number of hydrogen-bond acceptors (Lipinski definition) is 6. The summed E-state index contributed by atoms with van der Waals surface area (Å²) < 4.78 is 1.69. The number of fused-ring (bicyclic) bond motifs is 3. The highest BCUT2D eigenvalue weighted by molar-refractivity contribution is 8.01. The minimum absolute atomic E-state index is 0.0164. The van der Waals surface area contributed by atoms with Gasteiger partial charge in [0.1, 0.15) is 0 Å². The first kappa shape index (κ1) is 21.9. The van der Waals surface area contributed by atoms with Crippen molar-refractivity contribution in [1.29, 1.82) is 0 Å². The fraction of sp³-hybridized carbons (Fsp3) is 0.280. The van der Waals surface area contributed by atoms with Crippen LogP contribution in [-0.4, -0.2) is 33.5 Å². The second-order valence-electron chi connectivity index (χ2n) is 8.57. The molecule has 4 atom stereocenters. The molecule has 168 valence electrons. The first-order valence-corrected chi connectivity index (χ1v) is 12.5. The van der Waals surface area contributed by atoms with Gasteiger partial charge in [0.2, 0.25) is 5.91 Å². The molecule has 3 aromatic rings. The summed E-state index contributed by atoms with van der Waals surface area (Å²) in [6.45, 7) is 1.99. The third-order valence-corrected chi connectivity index (χ3v) is 8.54. The van der Waals surface area contributed by atoms with E-state index in [0.29, 0.717) is 17.0 Å². The highest BCUT2D eigenvalue weighted by atomic mass is 32.2. The van der Waals surface area contributed by atoms with Crippen molar-refractivity contribution in [3.8, 4) is 0 Å². The third-order valence-electron chi connectivity index (χ3n) is 6.38. The molecule has 1 fully saturated rings. The van der Waals surface area contributed by atoms with Gasteiger partial charge in [0.05, 0.1) is 27.8 Å². The van der Waals surface area contributed by atoms with Crippen molar-refractivity contribution in [3.05, 3.63) is 65.7 Å². The second-order valence-corrected chi connectivity index (χ2v) is 10.8. The lowest BCUT2D eigenvalue weighted by molar-refractivity contribution is -0.146. The van der Waals surface area contributed by atoms with Crippen LogP contribution in [0.4, 0.5) is 5.69 Å². The number of hydrogen-bond donors (Lipinski definition) is 2. The van der Waals surface area contributed by atoms with Crippen molar-refractivity contribution in [2.45, 2.75) is 17.7 Å². The zero-order valence-electron chi connectivity index (χ0n) is 17.9. The first-order valence-electron chi connectivity index (χ1n) is 10.7. The van der Waals surface area contributed by atoms with Crippen LogP contribution in [0.15, 0.2) is 59.0 Å². The molecule has 2 aliphatic rings. The average molecular weight is 479 g/mol. The Labute approximate surface area is 199 Å². The number of aryl methyl sites for hydroxylation is 1. The maximum absolute atomic E-state index is 12.9. The Balaban J connectivity index is 1.26. The van der Waals surface area contributed by atoms with E-state index in [0.717, 1.165) is 26.5 Å². The summed E-state index contributed by atoms with van der Waals surface area (Å²) in [6, 6.07) is 13.0. The lowest BCUT2D eigenvalue weighted by atomic mass is 9.82.